The van der Waals surface area contributed by atoms with Gasteiger partial charge in [0.1, 0.15) is 36.6 Å². The number of alkyl carbamates (subject to hydrolysis) is 5. The van der Waals surface area contributed by atoms with Gasteiger partial charge in [0.2, 0.25) is 0 Å². The molecule has 0 aliphatic rings. The number of hydrogen-bond donors (Lipinski definition) is 6. The molecule has 0 rings (SSSR count). The Morgan fingerprint density at radius 3 is 1.04 bits per heavy atom. The van der Waals surface area contributed by atoms with Crippen molar-refractivity contribution in [3.05, 3.63) is 38.0 Å². The van der Waals surface area contributed by atoms with E-state index in [1.54, 1.807) is 55.4 Å². The fourth-order valence-corrected chi connectivity index (χ4v) is 2.70. The summed E-state index contributed by atoms with van der Waals surface area (Å²) in [5.74, 6) is 0. The first-order valence-electron chi connectivity index (χ1n) is 17.2. The molecule has 3 atom stereocenters. The summed E-state index contributed by atoms with van der Waals surface area (Å²) in [4.78, 5) is 65.7. The summed E-state index contributed by atoms with van der Waals surface area (Å²) in [5, 5.41) is 12.8. The van der Waals surface area contributed by atoms with Gasteiger partial charge in [-0.05, 0) is 83.1 Å². The largest absolute Gasteiger partial charge is 0.449 e. The monoisotopic (exact) mass is 810 g/mol. The van der Waals surface area contributed by atoms with Crippen molar-refractivity contribution < 1.29 is 57.2 Å². The molecule has 0 bridgehead atoms. The number of nitrogens with one attached hydrogen (secondary N) is 5. The Hall–Kier alpha value is -4.71. The third kappa shape index (κ3) is 53.7. The van der Waals surface area contributed by atoms with Gasteiger partial charge in [0.25, 0.3) is 0 Å². The smallest absolute Gasteiger partial charge is 0.407 e. The van der Waals surface area contributed by atoms with Crippen LogP contribution in [0, 0.1) is 0 Å². The average molecular weight is 811 g/mol. The number of amides is 5. The van der Waals surface area contributed by atoms with Crippen molar-refractivity contribution in [2.75, 3.05) is 39.5 Å². The van der Waals surface area contributed by atoms with Gasteiger partial charge >= 0.3 is 35.9 Å². The molecule has 0 aromatic heterocycles. The van der Waals surface area contributed by atoms with E-state index < -0.39 is 52.7 Å². The van der Waals surface area contributed by atoms with E-state index in [9.17, 15) is 28.8 Å². The topological polar surface area (TPSA) is 244 Å². The van der Waals surface area contributed by atoms with Crippen LogP contribution in [-0.2, 0) is 28.4 Å². The number of hydrogen-bond acceptors (Lipinski definition) is 13. The summed E-state index contributed by atoms with van der Waals surface area (Å²) in [5.41, 5.74) is 3.12. The van der Waals surface area contributed by atoms with E-state index in [2.05, 4.69) is 51.1 Å². The predicted molar refractivity (Wildman–Crippen MR) is 212 cm³/mol. The van der Waals surface area contributed by atoms with E-state index in [0.29, 0.717) is 6.54 Å². The molecule has 3 unspecified atom stereocenters. The summed E-state index contributed by atoms with van der Waals surface area (Å²) in [7, 11) is 0. The van der Waals surface area contributed by atoms with Crippen molar-refractivity contribution in [1.82, 2.24) is 26.6 Å². The van der Waals surface area contributed by atoms with Crippen LogP contribution in [0.1, 0.15) is 83.1 Å². The highest BCUT2D eigenvalue weighted by atomic mass is 35.5. The van der Waals surface area contributed by atoms with Crippen molar-refractivity contribution in [2.45, 2.75) is 118 Å². The van der Waals surface area contributed by atoms with Crippen molar-refractivity contribution in [1.29, 1.82) is 0 Å². The van der Waals surface area contributed by atoms with Gasteiger partial charge in [-0.15, -0.1) is 0 Å². The molecule has 55 heavy (non-hydrogen) atoms. The summed E-state index contributed by atoms with van der Waals surface area (Å²) < 4.78 is 28.8. The number of carbonyl (C=O) groups is 6. The summed E-state index contributed by atoms with van der Waals surface area (Å²) in [6.45, 7) is 33.0. The molecule has 5 amide bonds. The van der Waals surface area contributed by atoms with Gasteiger partial charge in [0.15, 0.2) is 0 Å². The first-order chi connectivity index (χ1) is 25.1. The Kier molecular flexibility index (Phi) is 32.8. The van der Waals surface area contributed by atoms with Crippen molar-refractivity contribution in [3.8, 4) is 0 Å². The van der Waals surface area contributed by atoms with Crippen LogP contribution in [0.2, 0.25) is 0 Å². The molecule has 0 aliphatic heterocycles. The number of halogens is 1. The Bertz CT molecular complexity index is 1110. The Labute approximate surface area is 332 Å². The molecule has 0 aliphatic carbocycles. The lowest BCUT2D eigenvalue weighted by atomic mass is 10.2. The minimum atomic E-state index is -0.792. The predicted octanol–water partition coefficient (Wildman–Crippen LogP) is 6.03. The zero-order chi connectivity index (χ0) is 43.8. The maximum absolute atomic E-state index is 11.3. The third-order valence-corrected chi connectivity index (χ3v) is 4.69. The summed E-state index contributed by atoms with van der Waals surface area (Å²) in [6, 6.07) is -0.554. The van der Waals surface area contributed by atoms with Gasteiger partial charge < -0.3 is 60.7 Å². The first kappa shape index (κ1) is 57.0. The van der Waals surface area contributed by atoms with Gasteiger partial charge in [-0.3, -0.25) is 0 Å². The molecule has 0 saturated heterocycles. The standard InChI is InChI=1S/2C12H22N2O4.C8H18N2O2.C4H5ClO2/c2*1-6-7-17-11(16)14-9(2)8-13-10(15)18-12(3,4)5;1-6(9)5-10-7(11)12-8(2,3)4;1-2-3-7-4(5)6/h2*6,9H,1,7-8H2,2-5H3,(H,13,15)(H,14,16);6H,5,9H2,1-4H3,(H,10,11);2H,1,3H2. The first-order valence-corrected chi connectivity index (χ1v) is 17.6. The highest BCUT2D eigenvalue weighted by Crippen LogP contribution is 2.07. The SMILES string of the molecule is C=CCOC(=O)Cl.C=CCOC(=O)NC(C)CNC(=O)OC(C)(C)C.C=CCOC(=O)NC(C)CNC(=O)OC(C)(C)C.CC(N)CNC(=O)OC(C)(C)C. The van der Waals surface area contributed by atoms with E-state index in [-0.39, 0.29) is 51.0 Å². The Balaban J connectivity index is -0.000000331. The lowest BCUT2D eigenvalue weighted by molar-refractivity contribution is 0.0511. The maximum Gasteiger partial charge on any atom is 0.407 e. The second-order valence-corrected chi connectivity index (χ2v) is 14.6. The van der Waals surface area contributed by atoms with Crippen molar-refractivity contribution in [3.63, 3.8) is 0 Å². The number of ether oxygens (including phenoxy) is 6. The van der Waals surface area contributed by atoms with Crippen LogP contribution < -0.4 is 32.3 Å². The molecule has 0 spiro atoms. The number of nitrogens with two attached hydrogens (primary N) is 1. The molecule has 0 fully saturated rings. The van der Waals surface area contributed by atoms with Crippen LogP contribution in [0.3, 0.4) is 0 Å². The van der Waals surface area contributed by atoms with Crippen LogP contribution in [0.15, 0.2) is 38.0 Å². The van der Waals surface area contributed by atoms with Gasteiger partial charge in [-0.25, -0.2) is 28.8 Å². The summed E-state index contributed by atoms with van der Waals surface area (Å²) >= 11 is 4.75. The fraction of sp³-hybridized carbons (Fsp3) is 0.667. The molecule has 0 heterocycles. The van der Waals surface area contributed by atoms with Gasteiger partial charge in [-0.1, -0.05) is 38.0 Å². The molecular formula is C36H67ClN6O12. The van der Waals surface area contributed by atoms with E-state index in [4.69, 9.17) is 41.0 Å². The highest BCUT2D eigenvalue weighted by Gasteiger charge is 2.18. The lowest BCUT2D eigenvalue weighted by Crippen LogP contribution is -2.43. The third-order valence-electron chi connectivity index (χ3n) is 4.58. The van der Waals surface area contributed by atoms with Crippen LogP contribution in [0.4, 0.5) is 28.8 Å². The molecule has 320 valence electrons. The van der Waals surface area contributed by atoms with Crippen LogP contribution in [-0.4, -0.2) is 110 Å². The van der Waals surface area contributed by atoms with Gasteiger partial charge in [0, 0.05) is 49.4 Å². The second-order valence-electron chi connectivity index (χ2n) is 14.3. The van der Waals surface area contributed by atoms with Crippen LogP contribution in [0.25, 0.3) is 0 Å². The van der Waals surface area contributed by atoms with Crippen LogP contribution in [0.5, 0.6) is 0 Å². The normalized spacial score (nSPS) is 12.0. The number of carbonyl (C=O) groups excluding carboxylic acids is 6. The second kappa shape index (κ2) is 31.6. The van der Waals surface area contributed by atoms with E-state index in [1.165, 1.54) is 18.2 Å². The molecule has 0 aromatic carbocycles. The number of rotatable bonds is 14. The molecule has 0 radical (unpaired) electrons. The fourth-order valence-electron chi connectivity index (χ4n) is 2.64. The van der Waals surface area contributed by atoms with Crippen LogP contribution >= 0.6 is 11.6 Å². The average Bonchev–Trinajstić information content (AvgIpc) is 3.01. The molecule has 19 heteroatoms. The highest BCUT2D eigenvalue weighted by molar-refractivity contribution is 6.61. The molecule has 18 nitrogen and oxygen atoms in total. The van der Waals surface area contributed by atoms with Crippen molar-refractivity contribution in [2.24, 2.45) is 5.73 Å². The Morgan fingerprint density at radius 2 is 0.818 bits per heavy atom. The summed E-state index contributed by atoms with van der Waals surface area (Å²) in [6.07, 6.45) is 1.85. The Morgan fingerprint density at radius 1 is 0.545 bits per heavy atom. The van der Waals surface area contributed by atoms with Gasteiger partial charge in [0.05, 0.1) is 0 Å². The molecule has 7 N–H and O–H groups in total. The minimum Gasteiger partial charge on any atom is -0.449 e. The minimum absolute atomic E-state index is 0.0440. The molecular weight excluding hydrogens is 744 g/mol. The van der Waals surface area contributed by atoms with Crippen molar-refractivity contribution >= 4 is 47.5 Å². The molecule has 0 aromatic rings. The van der Waals surface area contributed by atoms with E-state index in [1.807, 2.05) is 27.7 Å². The van der Waals surface area contributed by atoms with E-state index in [0.717, 1.165) is 0 Å². The quantitative estimate of drug-likeness (QED) is 0.0668. The van der Waals surface area contributed by atoms with E-state index >= 15 is 0 Å². The van der Waals surface area contributed by atoms with Gasteiger partial charge in [-0.2, -0.15) is 0 Å². The zero-order valence-corrected chi connectivity index (χ0v) is 35.4. The maximum atomic E-state index is 11.3. The zero-order valence-electron chi connectivity index (χ0n) is 34.7. The lowest BCUT2D eigenvalue weighted by Gasteiger charge is -2.21. The molecule has 0 saturated carbocycles.